The van der Waals surface area contributed by atoms with Crippen LogP contribution in [0.5, 0.6) is 0 Å². The van der Waals surface area contributed by atoms with E-state index in [2.05, 4.69) is 5.32 Å². The molecule has 1 saturated carbocycles. The number of nitrogens with two attached hydrogens (primary N) is 1. The Kier molecular flexibility index (Phi) is 5.69. The molecule has 1 atom stereocenters. The van der Waals surface area contributed by atoms with Gasteiger partial charge in [0.15, 0.2) is 0 Å². The third-order valence-electron chi connectivity index (χ3n) is 3.30. The number of hydrogen-bond acceptors (Lipinski definition) is 2. The van der Waals surface area contributed by atoms with Crippen molar-refractivity contribution in [1.82, 2.24) is 5.32 Å². The van der Waals surface area contributed by atoms with Crippen LogP contribution in [0, 0.1) is 11.8 Å². The molecule has 0 aliphatic heterocycles. The third-order valence-corrected chi connectivity index (χ3v) is 3.30. The van der Waals surface area contributed by atoms with Gasteiger partial charge in [-0.25, -0.2) is 0 Å². The van der Waals surface area contributed by atoms with Crippen LogP contribution >= 0.6 is 0 Å². The normalized spacial score (nSPS) is 19.9. The predicted molar refractivity (Wildman–Crippen MR) is 62.4 cm³/mol. The molecule has 15 heavy (non-hydrogen) atoms. The molecule has 0 spiro atoms. The number of nitrogens with one attached hydrogen (secondary N) is 1. The molecule has 1 amide bonds. The summed E-state index contributed by atoms with van der Waals surface area (Å²) in [6.07, 6.45) is 7.76. The van der Waals surface area contributed by atoms with Crippen molar-refractivity contribution in [2.75, 3.05) is 13.1 Å². The Hall–Kier alpha value is -0.570. The smallest absolute Gasteiger partial charge is 0.222 e. The fourth-order valence-corrected chi connectivity index (χ4v) is 2.40. The lowest BCUT2D eigenvalue weighted by Gasteiger charge is -2.24. The molecule has 1 fully saturated rings. The zero-order chi connectivity index (χ0) is 11.1. The lowest BCUT2D eigenvalue weighted by atomic mass is 9.83. The largest absolute Gasteiger partial charge is 0.355 e. The molecular formula is C12H24N2O. The fourth-order valence-electron chi connectivity index (χ4n) is 2.40. The first-order valence-electron chi connectivity index (χ1n) is 6.21. The second-order valence-electron chi connectivity index (χ2n) is 4.72. The maximum Gasteiger partial charge on any atom is 0.222 e. The standard InChI is InChI=1S/C12H24N2O/c1-10(12(15)14-8-7-13)9-11-5-3-2-4-6-11/h10-11H,2-9,13H2,1H3,(H,14,15). The minimum Gasteiger partial charge on any atom is -0.355 e. The first-order chi connectivity index (χ1) is 7.24. The van der Waals surface area contributed by atoms with E-state index in [1.54, 1.807) is 0 Å². The molecule has 0 saturated heterocycles. The summed E-state index contributed by atoms with van der Waals surface area (Å²) in [7, 11) is 0. The third kappa shape index (κ3) is 4.65. The Balaban J connectivity index is 2.20. The van der Waals surface area contributed by atoms with Gasteiger partial charge in [-0.15, -0.1) is 0 Å². The molecule has 1 rings (SSSR count). The second-order valence-corrected chi connectivity index (χ2v) is 4.72. The Bertz CT molecular complexity index is 188. The van der Waals surface area contributed by atoms with E-state index in [0.717, 1.165) is 12.3 Å². The van der Waals surface area contributed by atoms with Crippen molar-refractivity contribution in [1.29, 1.82) is 0 Å². The van der Waals surface area contributed by atoms with Gasteiger partial charge in [-0.2, -0.15) is 0 Å². The highest BCUT2D eigenvalue weighted by Gasteiger charge is 2.20. The zero-order valence-electron chi connectivity index (χ0n) is 9.80. The van der Waals surface area contributed by atoms with E-state index in [9.17, 15) is 4.79 Å². The van der Waals surface area contributed by atoms with Crippen LogP contribution in [0.3, 0.4) is 0 Å². The maximum atomic E-state index is 11.6. The molecule has 3 N–H and O–H groups in total. The Labute approximate surface area is 92.8 Å². The summed E-state index contributed by atoms with van der Waals surface area (Å²) in [6, 6.07) is 0. The van der Waals surface area contributed by atoms with Gasteiger partial charge in [-0.05, 0) is 12.3 Å². The quantitative estimate of drug-likeness (QED) is 0.728. The molecular weight excluding hydrogens is 188 g/mol. The molecule has 88 valence electrons. The van der Waals surface area contributed by atoms with Crippen molar-refractivity contribution in [3.63, 3.8) is 0 Å². The summed E-state index contributed by atoms with van der Waals surface area (Å²) in [4.78, 5) is 11.6. The van der Waals surface area contributed by atoms with Crippen molar-refractivity contribution in [2.45, 2.75) is 45.4 Å². The molecule has 3 nitrogen and oxygen atoms in total. The van der Waals surface area contributed by atoms with Crippen molar-refractivity contribution in [3.8, 4) is 0 Å². The first-order valence-corrected chi connectivity index (χ1v) is 6.21. The number of carbonyl (C=O) groups is 1. The molecule has 0 heterocycles. The van der Waals surface area contributed by atoms with Gasteiger partial charge in [-0.1, -0.05) is 39.0 Å². The van der Waals surface area contributed by atoms with Crippen LogP contribution in [-0.2, 0) is 4.79 Å². The van der Waals surface area contributed by atoms with Crippen LogP contribution in [0.15, 0.2) is 0 Å². The highest BCUT2D eigenvalue weighted by Crippen LogP contribution is 2.28. The van der Waals surface area contributed by atoms with E-state index < -0.39 is 0 Å². The number of carbonyl (C=O) groups excluding carboxylic acids is 1. The zero-order valence-corrected chi connectivity index (χ0v) is 9.80. The highest BCUT2D eigenvalue weighted by molar-refractivity contribution is 5.78. The van der Waals surface area contributed by atoms with Crippen molar-refractivity contribution < 1.29 is 4.79 Å². The van der Waals surface area contributed by atoms with Gasteiger partial charge in [-0.3, -0.25) is 4.79 Å². The van der Waals surface area contributed by atoms with Gasteiger partial charge in [0.05, 0.1) is 0 Å². The van der Waals surface area contributed by atoms with Crippen LogP contribution < -0.4 is 11.1 Å². The summed E-state index contributed by atoms with van der Waals surface area (Å²) >= 11 is 0. The molecule has 0 radical (unpaired) electrons. The second kappa shape index (κ2) is 6.83. The predicted octanol–water partition coefficient (Wildman–Crippen LogP) is 1.67. The Morgan fingerprint density at radius 2 is 2.07 bits per heavy atom. The van der Waals surface area contributed by atoms with E-state index in [0.29, 0.717) is 13.1 Å². The topological polar surface area (TPSA) is 55.1 Å². The van der Waals surface area contributed by atoms with E-state index in [1.165, 1.54) is 32.1 Å². The van der Waals surface area contributed by atoms with Gasteiger partial charge in [0.2, 0.25) is 5.91 Å². The average Bonchev–Trinajstić information content (AvgIpc) is 2.27. The summed E-state index contributed by atoms with van der Waals surface area (Å²) in [6.45, 7) is 3.16. The molecule has 1 aliphatic rings. The lowest BCUT2D eigenvalue weighted by Crippen LogP contribution is -2.34. The fraction of sp³-hybridized carbons (Fsp3) is 0.917. The molecule has 1 aliphatic carbocycles. The minimum absolute atomic E-state index is 0.152. The molecule has 1 unspecified atom stereocenters. The van der Waals surface area contributed by atoms with Gasteiger partial charge >= 0.3 is 0 Å². The molecule has 0 bridgehead atoms. The summed E-state index contributed by atoms with van der Waals surface area (Å²) in [5.74, 6) is 1.10. The monoisotopic (exact) mass is 212 g/mol. The maximum absolute atomic E-state index is 11.6. The molecule has 3 heteroatoms. The first kappa shape index (κ1) is 12.5. The average molecular weight is 212 g/mol. The number of rotatable bonds is 5. The van der Waals surface area contributed by atoms with Gasteiger partial charge < -0.3 is 11.1 Å². The molecule has 0 aromatic heterocycles. The van der Waals surface area contributed by atoms with Crippen LogP contribution in [0.1, 0.15) is 45.4 Å². The van der Waals surface area contributed by atoms with Gasteiger partial charge in [0, 0.05) is 19.0 Å². The summed E-state index contributed by atoms with van der Waals surface area (Å²) < 4.78 is 0. The SMILES string of the molecule is CC(CC1CCCCC1)C(=O)NCCN. The highest BCUT2D eigenvalue weighted by atomic mass is 16.1. The van der Waals surface area contributed by atoms with E-state index in [-0.39, 0.29) is 11.8 Å². The Morgan fingerprint density at radius 3 is 2.67 bits per heavy atom. The van der Waals surface area contributed by atoms with E-state index in [1.807, 2.05) is 6.92 Å². The summed E-state index contributed by atoms with van der Waals surface area (Å²) in [5.41, 5.74) is 5.35. The van der Waals surface area contributed by atoms with E-state index >= 15 is 0 Å². The van der Waals surface area contributed by atoms with Crippen LogP contribution in [0.4, 0.5) is 0 Å². The van der Waals surface area contributed by atoms with Crippen molar-refractivity contribution in [3.05, 3.63) is 0 Å². The molecule has 0 aromatic rings. The van der Waals surface area contributed by atoms with Gasteiger partial charge in [0.1, 0.15) is 0 Å². The lowest BCUT2D eigenvalue weighted by molar-refractivity contribution is -0.125. The van der Waals surface area contributed by atoms with Crippen molar-refractivity contribution in [2.24, 2.45) is 17.6 Å². The van der Waals surface area contributed by atoms with Gasteiger partial charge in [0.25, 0.3) is 0 Å². The van der Waals surface area contributed by atoms with Crippen LogP contribution in [-0.4, -0.2) is 19.0 Å². The van der Waals surface area contributed by atoms with Crippen molar-refractivity contribution >= 4 is 5.91 Å². The number of hydrogen-bond donors (Lipinski definition) is 2. The minimum atomic E-state index is 0.152. The van der Waals surface area contributed by atoms with Crippen LogP contribution in [0.2, 0.25) is 0 Å². The van der Waals surface area contributed by atoms with Crippen LogP contribution in [0.25, 0.3) is 0 Å². The van der Waals surface area contributed by atoms with E-state index in [4.69, 9.17) is 5.73 Å². The Morgan fingerprint density at radius 1 is 1.40 bits per heavy atom. The molecule has 0 aromatic carbocycles. The number of amides is 1. The summed E-state index contributed by atoms with van der Waals surface area (Å²) in [5, 5.41) is 2.86.